The van der Waals surface area contributed by atoms with Gasteiger partial charge < -0.3 is 10.1 Å². The number of sulfonamides is 1. The molecule has 198 valence electrons. The highest BCUT2D eigenvalue weighted by molar-refractivity contribution is 7.89. The number of rotatable bonds is 10. The third kappa shape index (κ3) is 7.02. The number of amides is 1. The van der Waals surface area contributed by atoms with E-state index in [2.05, 4.69) is 29.6 Å². The SMILES string of the molecule is CCCS(=O)(=O)N(C)Cc1cccc(C(CNC(=O)OC(C)(C)C)C2(c3ccc(Cl)cc3)CCC2)c1. The summed E-state index contributed by atoms with van der Waals surface area (Å²) in [5, 5.41) is 3.69. The molecule has 1 unspecified atom stereocenters. The highest BCUT2D eigenvalue weighted by Crippen LogP contribution is 2.53. The average Bonchev–Trinajstić information content (AvgIpc) is 2.75. The first-order valence-corrected chi connectivity index (χ1v) is 14.6. The van der Waals surface area contributed by atoms with E-state index in [0.717, 1.165) is 30.4 Å². The van der Waals surface area contributed by atoms with Gasteiger partial charge in [0, 0.05) is 36.5 Å². The van der Waals surface area contributed by atoms with Crippen LogP contribution in [0.3, 0.4) is 0 Å². The summed E-state index contributed by atoms with van der Waals surface area (Å²) in [5.74, 6) is 0.114. The number of hydrogen-bond donors (Lipinski definition) is 1. The number of hydrogen-bond acceptors (Lipinski definition) is 4. The summed E-state index contributed by atoms with van der Waals surface area (Å²) in [4.78, 5) is 12.6. The van der Waals surface area contributed by atoms with E-state index in [9.17, 15) is 13.2 Å². The number of nitrogens with zero attached hydrogens (tertiary/aromatic N) is 1. The van der Waals surface area contributed by atoms with Gasteiger partial charge in [0.2, 0.25) is 10.0 Å². The van der Waals surface area contributed by atoms with Gasteiger partial charge in [-0.3, -0.25) is 0 Å². The van der Waals surface area contributed by atoms with Crippen LogP contribution in [0.2, 0.25) is 5.02 Å². The Balaban J connectivity index is 1.94. The molecule has 1 atom stereocenters. The topological polar surface area (TPSA) is 75.7 Å². The number of alkyl carbamates (subject to hydrolysis) is 1. The average molecular weight is 535 g/mol. The number of ether oxygens (including phenoxy) is 1. The molecule has 8 heteroatoms. The Bertz CT molecular complexity index is 1140. The summed E-state index contributed by atoms with van der Waals surface area (Å²) >= 11 is 6.18. The van der Waals surface area contributed by atoms with Gasteiger partial charge in [-0.1, -0.05) is 61.3 Å². The monoisotopic (exact) mass is 534 g/mol. The van der Waals surface area contributed by atoms with E-state index in [0.29, 0.717) is 24.5 Å². The van der Waals surface area contributed by atoms with Crippen molar-refractivity contribution < 1.29 is 17.9 Å². The minimum atomic E-state index is -3.30. The fourth-order valence-electron chi connectivity index (χ4n) is 4.99. The van der Waals surface area contributed by atoms with Gasteiger partial charge in [-0.2, -0.15) is 0 Å². The Hall–Kier alpha value is -2.09. The molecule has 0 radical (unpaired) electrons. The minimum Gasteiger partial charge on any atom is -0.444 e. The minimum absolute atomic E-state index is 0.0163. The molecule has 3 rings (SSSR count). The molecule has 1 aliphatic rings. The van der Waals surface area contributed by atoms with E-state index >= 15 is 0 Å². The van der Waals surface area contributed by atoms with Gasteiger partial charge in [0.15, 0.2) is 0 Å². The van der Waals surface area contributed by atoms with Crippen LogP contribution in [0.4, 0.5) is 4.79 Å². The molecule has 0 bridgehead atoms. The van der Waals surface area contributed by atoms with Crippen molar-refractivity contribution in [2.24, 2.45) is 0 Å². The fraction of sp³-hybridized carbons (Fsp3) is 0.536. The Morgan fingerprint density at radius 1 is 1.17 bits per heavy atom. The molecule has 0 heterocycles. The van der Waals surface area contributed by atoms with Crippen LogP contribution in [-0.4, -0.2) is 43.8 Å². The lowest BCUT2D eigenvalue weighted by Crippen LogP contribution is -2.46. The van der Waals surface area contributed by atoms with Crippen LogP contribution < -0.4 is 5.32 Å². The smallest absolute Gasteiger partial charge is 0.407 e. The van der Waals surface area contributed by atoms with Gasteiger partial charge in [0.1, 0.15) is 5.60 Å². The summed E-state index contributed by atoms with van der Waals surface area (Å²) in [6.07, 6.45) is 3.21. The van der Waals surface area contributed by atoms with Crippen molar-refractivity contribution in [3.05, 3.63) is 70.2 Å². The first-order chi connectivity index (χ1) is 16.9. The lowest BCUT2D eigenvalue weighted by atomic mass is 9.56. The Labute approximate surface area is 221 Å². The van der Waals surface area contributed by atoms with Gasteiger partial charge in [-0.05, 0) is 68.9 Å². The fourth-order valence-corrected chi connectivity index (χ4v) is 6.29. The van der Waals surface area contributed by atoms with E-state index < -0.39 is 21.7 Å². The molecular formula is C28H39ClN2O4S. The summed E-state index contributed by atoms with van der Waals surface area (Å²) in [5.41, 5.74) is 2.45. The van der Waals surface area contributed by atoms with E-state index in [1.54, 1.807) is 7.05 Å². The van der Waals surface area contributed by atoms with Crippen LogP contribution in [0.1, 0.15) is 76.0 Å². The van der Waals surface area contributed by atoms with Crippen molar-refractivity contribution in [3.8, 4) is 0 Å². The van der Waals surface area contributed by atoms with Gasteiger partial charge in [0.05, 0.1) is 5.75 Å². The summed E-state index contributed by atoms with van der Waals surface area (Å²) in [6.45, 7) is 8.11. The second kappa shape index (κ2) is 11.5. The normalized spacial score (nSPS) is 16.3. The first-order valence-electron chi connectivity index (χ1n) is 12.6. The van der Waals surface area contributed by atoms with Gasteiger partial charge in [0.25, 0.3) is 0 Å². The van der Waals surface area contributed by atoms with Gasteiger partial charge >= 0.3 is 6.09 Å². The van der Waals surface area contributed by atoms with Crippen molar-refractivity contribution in [2.75, 3.05) is 19.3 Å². The predicted molar refractivity (Wildman–Crippen MR) is 146 cm³/mol. The molecular weight excluding hydrogens is 496 g/mol. The van der Waals surface area contributed by atoms with E-state index in [1.807, 2.05) is 52.0 Å². The van der Waals surface area contributed by atoms with Crippen molar-refractivity contribution in [2.45, 2.75) is 76.9 Å². The van der Waals surface area contributed by atoms with Crippen LogP contribution in [0.25, 0.3) is 0 Å². The number of benzene rings is 2. The second-order valence-electron chi connectivity index (χ2n) is 10.8. The molecule has 1 fully saturated rings. The molecule has 1 N–H and O–H groups in total. The number of halogens is 1. The molecule has 1 aliphatic carbocycles. The second-order valence-corrected chi connectivity index (χ2v) is 13.4. The van der Waals surface area contributed by atoms with Crippen molar-refractivity contribution in [1.29, 1.82) is 0 Å². The summed E-state index contributed by atoms with van der Waals surface area (Å²) < 4.78 is 32.0. The Morgan fingerprint density at radius 3 is 2.39 bits per heavy atom. The number of carbonyl (C=O) groups excluding carboxylic acids is 1. The van der Waals surface area contributed by atoms with Crippen molar-refractivity contribution in [3.63, 3.8) is 0 Å². The zero-order valence-corrected chi connectivity index (χ0v) is 23.6. The third-order valence-corrected chi connectivity index (χ3v) is 9.13. The van der Waals surface area contributed by atoms with Gasteiger partial charge in [-0.25, -0.2) is 17.5 Å². The van der Waals surface area contributed by atoms with Crippen molar-refractivity contribution in [1.82, 2.24) is 9.62 Å². The standard InChI is InChI=1S/C28H39ClN2O4S/c1-6-17-36(33,34)31(5)20-21-9-7-10-22(18-21)25(19-30-26(32)35-27(2,3)4)28(15-8-16-28)23-11-13-24(29)14-12-23/h7,9-14,18,25H,6,8,15-17,19-20H2,1-5H3,(H,30,32). The number of carbonyl (C=O) groups is 1. The third-order valence-electron chi connectivity index (χ3n) is 6.88. The van der Waals surface area contributed by atoms with Crippen molar-refractivity contribution >= 4 is 27.7 Å². The van der Waals surface area contributed by atoms with E-state index in [-0.39, 0.29) is 17.1 Å². The highest BCUT2D eigenvalue weighted by atomic mass is 35.5. The van der Waals surface area contributed by atoms with Crippen LogP contribution >= 0.6 is 11.6 Å². The molecule has 2 aromatic rings. The Kier molecular flexibility index (Phi) is 9.12. The quantitative estimate of drug-likeness (QED) is 0.391. The molecule has 6 nitrogen and oxygen atoms in total. The zero-order chi connectivity index (χ0) is 26.6. The maximum Gasteiger partial charge on any atom is 0.407 e. The van der Waals surface area contributed by atoms with Crippen LogP contribution in [0.5, 0.6) is 0 Å². The van der Waals surface area contributed by atoms with E-state index in [1.165, 1.54) is 9.87 Å². The molecule has 0 spiro atoms. The summed E-state index contributed by atoms with van der Waals surface area (Å²) in [7, 11) is -1.68. The maximum atomic E-state index is 12.6. The van der Waals surface area contributed by atoms with Crippen LogP contribution in [-0.2, 0) is 26.7 Å². The summed E-state index contributed by atoms with van der Waals surface area (Å²) in [6, 6.07) is 16.1. The molecule has 2 aromatic carbocycles. The lowest BCUT2D eigenvalue weighted by molar-refractivity contribution is 0.0511. The van der Waals surface area contributed by atoms with Gasteiger partial charge in [-0.15, -0.1) is 0 Å². The van der Waals surface area contributed by atoms with E-state index in [4.69, 9.17) is 16.3 Å². The Morgan fingerprint density at radius 2 is 1.83 bits per heavy atom. The zero-order valence-electron chi connectivity index (χ0n) is 22.0. The predicted octanol–water partition coefficient (Wildman–Crippen LogP) is 6.24. The molecule has 0 aliphatic heterocycles. The largest absolute Gasteiger partial charge is 0.444 e. The first kappa shape index (κ1) is 28.5. The molecule has 36 heavy (non-hydrogen) atoms. The lowest BCUT2D eigenvalue weighted by Gasteiger charge is -2.49. The molecule has 0 saturated heterocycles. The molecule has 1 amide bonds. The maximum absolute atomic E-state index is 12.6. The molecule has 1 saturated carbocycles. The highest BCUT2D eigenvalue weighted by Gasteiger charge is 2.46. The number of nitrogens with one attached hydrogen (secondary N) is 1. The van der Waals surface area contributed by atoms with Crippen LogP contribution in [0, 0.1) is 0 Å². The molecule has 0 aromatic heterocycles. The van der Waals surface area contributed by atoms with Crippen LogP contribution in [0.15, 0.2) is 48.5 Å².